The highest BCUT2D eigenvalue weighted by molar-refractivity contribution is 7.89. The molecule has 27 heavy (non-hydrogen) atoms. The summed E-state index contributed by atoms with van der Waals surface area (Å²) in [4.78, 5) is 20.0. The first-order valence-electron chi connectivity index (χ1n) is 8.73. The fraction of sp³-hybridized carbons (Fsp3) is 0.263. The number of rotatable bonds is 7. The molecule has 1 unspecified atom stereocenters. The Morgan fingerprint density at radius 2 is 1.85 bits per heavy atom. The molecule has 0 radical (unpaired) electrons. The van der Waals surface area contributed by atoms with Crippen molar-refractivity contribution in [2.24, 2.45) is 0 Å². The zero-order valence-electron chi connectivity index (χ0n) is 15.2. The van der Waals surface area contributed by atoms with Crippen LogP contribution in [0.25, 0.3) is 11.0 Å². The van der Waals surface area contributed by atoms with Gasteiger partial charge in [-0.15, -0.1) is 0 Å². The summed E-state index contributed by atoms with van der Waals surface area (Å²) in [7, 11) is -3.58. The SMILES string of the molecule is CCC(C)NS(=O)(=O)c1ccc(C(=O)NCc2nc3ccccc3[nH]2)cc1. The summed E-state index contributed by atoms with van der Waals surface area (Å²) >= 11 is 0. The van der Waals surface area contributed by atoms with Gasteiger partial charge in [0.25, 0.3) is 5.91 Å². The Kier molecular flexibility index (Phi) is 5.57. The summed E-state index contributed by atoms with van der Waals surface area (Å²) in [5, 5.41) is 2.78. The first-order valence-corrected chi connectivity index (χ1v) is 10.2. The molecule has 3 N–H and O–H groups in total. The third kappa shape index (κ3) is 4.53. The number of hydrogen-bond acceptors (Lipinski definition) is 4. The van der Waals surface area contributed by atoms with Crippen LogP contribution < -0.4 is 10.0 Å². The molecule has 2 aromatic carbocycles. The minimum Gasteiger partial charge on any atom is -0.345 e. The van der Waals surface area contributed by atoms with Gasteiger partial charge in [0.05, 0.1) is 22.5 Å². The lowest BCUT2D eigenvalue weighted by Crippen LogP contribution is -2.32. The maximum Gasteiger partial charge on any atom is 0.251 e. The Morgan fingerprint density at radius 1 is 1.15 bits per heavy atom. The van der Waals surface area contributed by atoms with Crippen LogP contribution in [0.5, 0.6) is 0 Å². The average Bonchev–Trinajstić information content (AvgIpc) is 3.08. The van der Waals surface area contributed by atoms with Gasteiger partial charge in [-0.2, -0.15) is 0 Å². The largest absolute Gasteiger partial charge is 0.345 e. The van der Waals surface area contributed by atoms with Crippen LogP contribution in [0, 0.1) is 0 Å². The van der Waals surface area contributed by atoms with Crippen molar-refractivity contribution in [3.8, 4) is 0 Å². The molecule has 1 atom stereocenters. The Labute approximate surface area is 158 Å². The van der Waals surface area contributed by atoms with Crippen LogP contribution in [-0.2, 0) is 16.6 Å². The number of nitrogens with zero attached hydrogens (tertiary/aromatic N) is 1. The fourth-order valence-corrected chi connectivity index (χ4v) is 3.88. The summed E-state index contributed by atoms with van der Waals surface area (Å²) in [5.41, 5.74) is 2.13. The maximum absolute atomic E-state index is 12.3. The number of sulfonamides is 1. The Bertz CT molecular complexity index is 1010. The number of amides is 1. The fourth-order valence-electron chi connectivity index (χ4n) is 2.56. The molecule has 0 aliphatic heterocycles. The van der Waals surface area contributed by atoms with Gasteiger partial charge in [0.1, 0.15) is 5.82 Å². The number of carbonyl (C=O) groups is 1. The standard InChI is InChI=1S/C19H22N4O3S/c1-3-13(2)23-27(25,26)15-10-8-14(9-11-15)19(24)20-12-18-21-16-6-4-5-7-17(16)22-18/h4-11,13,23H,3,12H2,1-2H3,(H,20,24)(H,21,22). The van der Waals surface area contributed by atoms with E-state index in [9.17, 15) is 13.2 Å². The van der Waals surface area contributed by atoms with Crippen molar-refractivity contribution in [1.82, 2.24) is 20.0 Å². The van der Waals surface area contributed by atoms with Crippen molar-refractivity contribution in [3.63, 3.8) is 0 Å². The summed E-state index contributed by atoms with van der Waals surface area (Å²) in [6.07, 6.45) is 0.696. The molecule has 0 saturated carbocycles. The minimum atomic E-state index is -3.58. The van der Waals surface area contributed by atoms with Crippen molar-refractivity contribution in [2.45, 2.75) is 37.8 Å². The minimum absolute atomic E-state index is 0.136. The Hall–Kier alpha value is -2.71. The second-order valence-corrected chi connectivity index (χ2v) is 8.05. The average molecular weight is 386 g/mol. The van der Waals surface area contributed by atoms with Crippen LogP contribution in [0.3, 0.4) is 0 Å². The normalized spacial score (nSPS) is 12.8. The van der Waals surface area contributed by atoms with Gasteiger partial charge in [-0.25, -0.2) is 18.1 Å². The number of aromatic nitrogens is 2. The van der Waals surface area contributed by atoms with Crippen LogP contribution in [0.15, 0.2) is 53.4 Å². The molecule has 1 aromatic heterocycles. The quantitative estimate of drug-likeness (QED) is 0.580. The molecule has 0 saturated heterocycles. The topological polar surface area (TPSA) is 104 Å². The first kappa shape index (κ1) is 19.1. The lowest BCUT2D eigenvalue weighted by Gasteiger charge is -2.12. The van der Waals surface area contributed by atoms with Crippen molar-refractivity contribution < 1.29 is 13.2 Å². The summed E-state index contributed by atoms with van der Waals surface area (Å²) in [6.45, 7) is 3.96. The van der Waals surface area contributed by atoms with E-state index in [1.165, 1.54) is 24.3 Å². The van der Waals surface area contributed by atoms with Crippen LogP contribution in [0.2, 0.25) is 0 Å². The Morgan fingerprint density at radius 3 is 2.52 bits per heavy atom. The van der Waals surface area contributed by atoms with E-state index < -0.39 is 10.0 Å². The summed E-state index contributed by atoms with van der Waals surface area (Å²) in [6, 6.07) is 13.3. The van der Waals surface area contributed by atoms with Gasteiger partial charge in [0.15, 0.2) is 0 Å². The van der Waals surface area contributed by atoms with Crippen molar-refractivity contribution in [2.75, 3.05) is 0 Å². The Balaban J connectivity index is 1.65. The monoisotopic (exact) mass is 386 g/mol. The number of fused-ring (bicyclic) bond motifs is 1. The van der Waals surface area contributed by atoms with Crippen molar-refractivity contribution in [1.29, 1.82) is 0 Å². The third-order valence-electron chi connectivity index (χ3n) is 4.25. The van der Waals surface area contributed by atoms with Crippen molar-refractivity contribution >= 4 is 27.0 Å². The second kappa shape index (κ2) is 7.89. The molecule has 0 spiro atoms. The highest BCUT2D eigenvalue weighted by Gasteiger charge is 2.17. The first-order chi connectivity index (χ1) is 12.9. The van der Waals surface area contributed by atoms with Crippen LogP contribution in [0.4, 0.5) is 0 Å². The molecule has 7 nitrogen and oxygen atoms in total. The van der Waals surface area contributed by atoms with Crippen LogP contribution in [-0.4, -0.2) is 30.3 Å². The summed E-state index contributed by atoms with van der Waals surface area (Å²) < 4.78 is 27.1. The second-order valence-electron chi connectivity index (χ2n) is 6.34. The van der Waals surface area contributed by atoms with E-state index in [1.54, 1.807) is 6.92 Å². The van der Waals surface area contributed by atoms with Gasteiger partial charge in [-0.1, -0.05) is 19.1 Å². The van der Waals surface area contributed by atoms with E-state index in [0.717, 1.165) is 11.0 Å². The number of benzene rings is 2. The molecule has 0 fully saturated rings. The number of H-pyrrole nitrogens is 1. The van der Waals surface area contributed by atoms with Gasteiger partial charge in [0.2, 0.25) is 10.0 Å². The van der Waals surface area contributed by atoms with Crippen LogP contribution in [0.1, 0.15) is 36.5 Å². The lowest BCUT2D eigenvalue weighted by molar-refractivity contribution is 0.0950. The molecule has 3 rings (SSSR count). The highest BCUT2D eigenvalue weighted by Crippen LogP contribution is 2.13. The molecule has 0 aliphatic carbocycles. The molecule has 3 aromatic rings. The smallest absolute Gasteiger partial charge is 0.251 e. The van der Waals surface area contributed by atoms with E-state index in [4.69, 9.17) is 0 Å². The van der Waals surface area contributed by atoms with E-state index in [2.05, 4.69) is 20.0 Å². The van der Waals surface area contributed by atoms with E-state index in [1.807, 2.05) is 31.2 Å². The lowest BCUT2D eigenvalue weighted by atomic mass is 10.2. The number of hydrogen-bond donors (Lipinski definition) is 3. The third-order valence-corrected chi connectivity index (χ3v) is 5.86. The number of imidazole rings is 1. The molecule has 1 heterocycles. The number of aromatic amines is 1. The van der Waals surface area contributed by atoms with Crippen LogP contribution >= 0.6 is 0 Å². The van der Waals surface area contributed by atoms with E-state index >= 15 is 0 Å². The van der Waals surface area contributed by atoms with Gasteiger partial charge < -0.3 is 10.3 Å². The molecule has 8 heteroatoms. The predicted molar refractivity (Wildman–Crippen MR) is 104 cm³/mol. The highest BCUT2D eigenvalue weighted by atomic mass is 32.2. The number of nitrogens with one attached hydrogen (secondary N) is 3. The number of para-hydroxylation sites is 2. The molecular formula is C19H22N4O3S. The molecule has 142 valence electrons. The van der Waals surface area contributed by atoms with Crippen molar-refractivity contribution in [3.05, 3.63) is 59.9 Å². The zero-order valence-corrected chi connectivity index (χ0v) is 16.0. The van der Waals surface area contributed by atoms with Gasteiger partial charge >= 0.3 is 0 Å². The maximum atomic E-state index is 12.3. The molecule has 0 bridgehead atoms. The zero-order chi connectivity index (χ0) is 19.4. The molecule has 1 amide bonds. The van der Waals surface area contributed by atoms with E-state index in [0.29, 0.717) is 17.8 Å². The molecule has 0 aliphatic rings. The predicted octanol–water partition coefficient (Wildman–Crippen LogP) is 2.57. The van der Waals surface area contributed by atoms with Gasteiger partial charge in [-0.3, -0.25) is 4.79 Å². The summed E-state index contributed by atoms with van der Waals surface area (Å²) in [5.74, 6) is 0.357. The number of carbonyl (C=O) groups excluding carboxylic acids is 1. The van der Waals surface area contributed by atoms with Gasteiger partial charge in [0, 0.05) is 11.6 Å². The molecular weight excluding hydrogens is 364 g/mol. The van der Waals surface area contributed by atoms with Gasteiger partial charge in [-0.05, 0) is 49.7 Å². The van der Waals surface area contributed by atoms with E-state index in [-0.39, 0.29) is 23.4 Å².